The molecule has 1 amide bonds. The van der Waals surface area contributed by atoms with Gasteiger partial charge in [-0.1, -0.05) is 23.9 Å². The number of rotatable bonds is 6. The summed E-state index contributed by atoms with van der Waals surface area (Å²) >= 11 is 1.56. The molecular weight excluding hydrogens is 260 g/mol. The molecule has 100 valence electrons. The Balaban J connectivity index is 2.73. The Hall–Kier alpha value is -2.00. The zero-order valence-electron chi connectivity index (χ0n) is 10.6. The average Bonchev–Trinajstić information content (AvgIpc) is 2.92. The van der Waals surface area contributed by atoms with Crippen LogP contribution in [0.3, 0.4) is 0 Å². The van der Waals surface area contributed by atoms with Gasteiger partial charge in [0.15, 0.2) is 5.17 Å². The van der Waals surface area contributed by atoms with Crippen LogP contribution in [0.1, 0.15) is 0 Å². The largest absolute Gasteiger partial charge is 0.340 e. The predicted octanol–water partition coefficient (Wildman–Crippen LogP) is 1.29. The average molecular weight is 276 g/mol. The lowest BCUT2D eigenvalue weighted by atomic mass is 10.2. The van der Waals surface area contributed by atoms with E-state index >= 15 is 0 Å². The highest BCUT2D eigenvalue weighted by atomic mass is 32.2. The van der Waals surface area contributed by atoms with E-state index in [-0.39, 0.29) is 11.5 Å². The van der Waals surface area contributed by atoms with Crippen molar-refractivity contribution in [2.75, 3.05) is 25.4 Å². The molecule has 0 aliphatic carbocycles. The molecule has 5 nitrogen and oxygen atoms in total. The third-order valence-corrected chi connectivity index (χ3v) is 3.17. The van der Waals surface area contributed by atoms with E-state index in [9.17, 15) is 4.79 Å². The van der Waals surface area contributed by atoms with Crippen LogP contribution in [0.4, 0.5) is 0 Å². The molecule has 0 atom stereocenters. The van der Waals surface area contributed by atoms with Crippen molar-refractivity contribution in [1.82, 2.24) is 10.2 Å². The molecule has 0 saturated heterocycles. The van der Waals surface area contributed by atoms with Gasteiger partial charge < -0.3 is 10.2 Å². The molecule has 1 aliphatic rings. The second-order valence-electron chi connectivity index (χ2n) is 3.64. The molecule has 0 radical (unpaired) electrons. The molecule has 0 aromatic heterocycles. The van der Waals surface area contributed by atoms with Gasteiger partial charge in [-0.2, -0.15) is 5.26 Å². The number of amides is 1. The summed E-state index contributed by atoms with van der Waals surface area (Å²) in [6.07, 6.45) is 4.63. The number of hydrogen-bond acceptors (Lipinski definition) is 5. The van der Waals surface area contributed by atoms with Crippen molar-refractivity contribution >= 4 is 22.8 Å². The van der Waals surface area contributed by atoms with Gasteiger partial charge in [0.25, 0.3) is 5.91 Å². The van der Waals surface area contributed by atoms with E-state index in [1.54, 1.807) is 23.9 Å². The number of carbonyl (C=O) groups is 1. The highest BCUT2D eigenvalue weighted by Crippen LogP contribution is 2.09. The van der Waals surface area contributed by atoms with Gasteiger partial charge in [-0.05, 0) is 0 Å². The van der Waals surface area contributed by atoms with Crippen LogP contribution in [0.5, 0.6) is 0 Å². The van der Waals surface area contributed by atoms with Crippen LogP contribution < -0.4 is 5.32 Å². The monoisotopic (exact) mass is 276 g/mol. The minimum absolute atomic E-state index is 0.0406. The summed E-state index contributed by atoms with van der Waals surface area (Å²) in [5.74, 6) is 0.573. The molecule has 0 bridgehead atoms. The molecule has 1 rings (SSSR count). The van der Waals surface area contributed by atoms with E-state index in [2.05, 4.69) is 23.5 Å². The second kappa shape index (κ2) is 8.16. The molecule has 1 heterocycles. The van der Waals surface area contributed by atoms with E-state index < -0.39 is 0 Å². The topological polar surface area (TPSA) is 68.5 Å². The smallest absolute Gasteiger partial charge is 0.266 e. The second-order valence-corrected chi connectivity index (χ2v) is 4.72. The minimum atomic E-state index is -0.349. The van der Waals surface area contributed by atoms with Crippen molar-refractivity contribution in [3.8, 4) is 6.07 Å². The van der Waals surface area contributed by atoms with E-state index in [0.717, 1.165) is 17.5 Å². The minimum Gasteiger partial charge on any atom is -0.340 e. The number of amidine groups is 1. The lowest BCUT2D eigenvalue weighted by Crippen LogP contribution is -2.33. The Kier molecular flexibility index (Phi) is 6.47. The molecule has 0 saturated carbocycles. The van der Waals surface area contributed by atoms with Crippen LogP contribution in [-0.4, -0.2) is 41.4 Å². The number of thioether (sulfide) groups is 1. The number of nitriles is 1. The summed E-state index contributed by atoms with van der Waals surface area (Å²) in [6.45, 7) is 8.69. The molecule has 0 fully saturated rings. The fourth-order valence-electron chi connectivity index (χ4n) is 1.42. The molecule has 0 unspecified atom stereocenters. The third kappa shape index (κ3) is 4.64. The number of aliphatic imine (C=N–C) groups is 1. The van der Waals surface area contributed by atoms with E-state index in [1.165, 1.54) is 11.1 Å². The fraction of sp³-hybridized carbons (Fsp3) is 0.308. The Morgan fingerprint density at radius 2 is 2.21 bits per heavy atom. The van der Waals surface area contributed by atoms with Gasteiger partial charge >= 0.3 is 0 Å². The maximum atomic E-state index is 12.1. The van der Waals surface area contributed by atoms with E-state index in [0.29, 0.717) is 13.1 Å². The van der Waals surface area contributed by atoms with Gasteiger partial charge in [0.1, 0.15) is 11.6 Å². The van der Waals surface area contributed by atoms with E-state index in [1.807, 2.05) is 6.07 Å². The third-order valence-electron chi connectivity index (χ3n) is 2.26. The molecule has 0 aromatic carbocycles. The Bertz CT molecular complexity index is 452. The zero-order chi connectivity index (χ0) is 14.1. The summed E-state index contributed by atoms with van der Waals surface area (Å²) < 4.78 is 0. The van der Waals surface area contributed by atoms with Gasteiger partial charge in [0, 0.05) is 25.0 Å². The van der Waals surface area contributed by atoms with Gasteiger partial charge in [0.2, 0.25) is 0 Å². The molecule has 1 N–H and O–H groups in total. The number of hydrogen-bond donors (Lipinski definition) is 1. The normalized spacial score (nSPS) is 14.3. The van der Waals surface area contributed by atoms with Crippen molar-refractivity contribution in [3.05, 3.63) is 37.1 Å². The summed E-state index contributed by atoms with van der Waals surface area (Å²) in [7, 11) is 0. The first-order valence-electron chi connectivity index (χ1n) is 5.78. The van der Waals surface area contributed by atoms with Crippen LogP contribution in [-0.2, 0) is 4.79 Å². The van der Waals surface area contributed by atoms with Gasteiger partial charge in [-0.15, -0.1) is 13.2 Å². The summed E-state index contributed by atoms with van der Waals surface area (Å²) in [5, 5.41) is 12.7. The summed E-state index contributed by atoms with van der Waals surface area (Å²) in [4.78, 5) is 17.8. The lowest BCUT2D eigenvalue weighted by molar-refractivity contribution is -0.125. The molecule has 0 aromatic rings. The van der Waals surface area contributed by atoms with Crippen molar-refractivity contribution in [1.29, 1.82) is 5.26 Å². The van der Waals surface area contributed by atoms with Crippen molar-refractivity contribution in [2.45, 2.75) is 0 Å². The lowest BCUT2D eigenvalue weighted by Gasteiger charge is -2.18. The van der Waals surface area contributed by atoms with Gasteiger partial charge in [0.05, 0.1) is 6.54 Å². The summed E-state index contributed by atoms with van der Waals surface area (Å²) in [6, 6.07) is 1.90. The molecule has 19 heavy (non-hydrogen) atoms. The molecule has 0 spiro atoms. The highest BCUT2D eigenvalue weighted by Gasteiger charge is 2.16. The van der Waals surface area contributed by atoms with Crippen molar-refractivity contribution < 1.29 is 4.79 Å². The van der Waals surface area contributed by atoms with Crippen LogP contribution in [0, 0.1) is 11.3 Å². The summed E-state index contributed by atoms with van der Waals surface area (Å²) in [5.41, 5.74) is 0.0406. The SMILES string of the molecule is C=CCN(CC=C)C(=O)/C(C#N)=C\NC1=NCCS1. The van der Waals surface area contributed by atoms with Crippen LogP contribution in [0.2, 0.25) is 0 Å². The zero-order valence-corrected chi connectivity index (χ0v) is 11.4. The predicted molar refractivity (Wildman–Crippen MR) is 78.6 cm³/mol. The quantitative estimate of drug-likeness (QED) is 0.451. The van der Waals surface area contributed by atoms with Gasteiger partial charge in [-0.3, -0.25) is 9.79 Å². The first-order valence-corrected chi connectivity index (χ1v) is 6.76. The Morgan fingerprint density at radius 3 is 2.68 bits per heavy atom. The molecule has 1 aliphatic heterocycles. The van der Waals surface area contributed by atoms with Gasteiger partial charge in [-0.25, -0.2) is 0 Å². The fourth-order valence-corrected chi connectivity index (χ4v) is 2.12. The number of nitrogens with one attached hydrogen (secondary N) is 1. The Morgan fingerprint density at radius 1 is 1.53 bits per heavy atom. The first kappa shape index (κ1) is 15.1. The van der Waals surface area contributed by atoms with Crippen LogP contribution in [0.15, 0.2) is 42.1 Å². The maximum Gasteiger partial charge on any atom is 0.266 e. The van der Waals surface area contributed by atoms with Crippen LogP contribution in [0.25, 0.3) is 0 Å². The molecule has 6 heteroatoms. The number of nitrogens with zero attached hydrogens (tertiary/aromatic N) is 3. The number of carbonyl (C=O) groups excluding carboxylic acids is 1. The van der Waals surface area contributed by atoms with Crippen molar-refractivity contribution in [3.63, 3.8) is 0 Å². The molecular formula is C13H16N4OS. The highest BCUT2D eigenvalue weighted by molar-refractivity contribution is 8.14. The standard InChI is InChI=1S/C13H16N4OS/c1-3-6-17(7-4-2)12(18)11(9-14)10-16-13-15-5-8-19-13/h3-4,10H,1-2,5-8H2,(H,15,16)/b11-10-. The van der Waals surface area contributed by atoms with E-state index in [4.69, 9.17) is 5.26 Å². The maximum absolute atomic E-state index is 12.1. The van der Waals surface area contributed by atoms with Crippen LogP contribution >= 0.6 is 11.8 Å². The first-order chi connectivity index (χ1) is 9.22. The van der Waals surface area contributed by atoms with Crippen molar-refractivity contribution in [2.24, 2.45) is 4.99 Å². The Labute approximate surface area is 117 Å².